The normalized spacial score (nSPS) is 13.4. The molecule has 0 saturated heterocycles. The lowest BCUT2D eigenvalue weighted by Gasteiger charge is -2.23. The summed E-state index contributed by atoms with van der Waals surface area (Å²) in [5.41, 5.74) is 2.35. The number of carbonyl (C=O) groups excluding carboxylic acids is 1. The van der Waals surface area contributed by atoms with Crippen molar-refractivity contribution in [1.29, 1.82) is 0 Å². The van der Waals surface area contributed by atoms with Gasteiger partial charge in [0, 0.05) is 16.9 Å². The number of benzene rings is 1. The molecule has 0 bridgehead atoms. The van der Waals surface area contributed by atoms with Gasteiger partial charge in [0.25, 0.3) is 0 Å². The number of aromatic nitrogens is 2. The summed E-state index contributed by atoms with van der Waals surface area (Å²) >= 11 is 1.28. The summed E-state index contributed by atoms with van der Waals surface area (Å²) in [6.07, 6.45) is 3.88. The number of carbonyl (C=O) groups is 1. The van der Waals surface area contributed by atoms with Crippen molar-refractivity contribution in [2.75, 3.05) is 31.7 Å². The Balaban J connectivity index is 1.74. The zero-order chi connectivity index (χ0) is 20.1. The third-order valence-electron chi connectivity index (χ3n) is 4.73. The maximum atomic E-state index is 13.2. The number of fused-ring (bicyclic) bond motifs is 1. The van der Waals surface area contributed by atoms with E-state index in [4.69, 9.17) is 0 Å². The van der Waals surface area contributed by atoms with Crippen LogP contribution in [0.25, 0.3) is 0 Å². The van der Waals surface area contributed by atoms with Crippen molar-refractivity contribution in [3.63, 3.8) is 0 Å². The SMILES string of the molecule is C[NH+](C)CCn1c2c(c(SCC(=O)Nc3cccc(F)c3)nc1=O)CCCC2. The van der Waals surface area contributed by atoms with Gasteiger partial charge in [-0.1, -0.05) is 17.8 Å². The molecule has 0 fully saturated rings. The molecule has 0 saturated carbocycles. The van der Waals surface area contributed by atoms with Gasteiger partial charge in [-0.3, -0.25) is 9.36 Å². The second-order valence-corrected chi connectivity index (χ2v) is 8.25. The molecule has 1 aliphatic rings. The fraction of sp³-hybridized carbons (Fsp3) is 0.450. The van der Waals surface area contributed by atoms with Gasteiger partial charge in [0.1, 0.15) is 10.8 Å². The van der Waals surface area contributed by atoms with Gasteiger partial charge >= 0.3 is 5.69 Å². The largest absolute Gasteiger partial charge is 0.349 e. The number of hydrogen-bond acceptors (Lipinski definition) is 4. The van der Waals surface area contributed by atoms with Crippen LogP contribution >= 0.6 is 11.8 Å². The van der Waals surface area contributed by atoms with E-state index in [1.54, 1.807) is 16.7 Å². The Morgan fingerprint density at radius 2 is 2.11 bits per heavy atom. The number of hydrogen-bond donors (Lipinski definition) is 2. The molecular formula is C20H26FN4O2S+. The second-order valence-electron chi connectivity index (χ2n) is 7.29. The van der Waals surface area contributed by atoms with Gasteiger partial charge in [-0.25, -0.2) is 9.18 Å². The number of nitrogens with zero attached hydrogens (tertiary/aromatic N) is 2. The van der Waals surface area contributed by atoms with Crippen LogP contribution in [0.2, 0.25) is 0 Å². The standard InChI is InChI=1S/C20H25FN4O2S/c1-24(2)10-11-25-17-9-4-3-8-16(17)19(23-20(25)27)28-13-18(26)22-15-7-5-6-14(21)12-15/h5-7,12H,3-4,8-11,13H2,1-2H3,(H,22,26)/p+1. The van der Waals surface area contributed by atoms with E-state index in [0.717, 1.165) is 43.5 Å². The number of nitrogens with one attached hydrogen (secondary N) is 2. The molecular weight excluding hydrogens is 379 g/mol. The molecule has 150 valence electrons. The minimum atomic E-state index is -0.399. The predicted octanol–water partition coefficient (Wildman–Crippen LogP) is 1.14. The van der Waals surface area contributed by atoms with Crippen LogP contribution in [-0.4, -0.2) is 41.9 Å². The molecule has 28 heavy (non-hydrogen) atoms. The molecule has 0 atom stereocenters. The van der Waals surface area contributed by atoms with E-state index in [1.807, 2.05) is 0 Å². The second kappa shape index (κ2) is 9.34. The van der Waals surface area contributed by atoms with Crippen molar-refractivity contribution < 1.29 is 14.1 Å². The fourth-order valence-electron chi connectivity index (χ4n) is 3.33. The summed E-state index contributed by atoms with van der Waals surface area (Å²) in [6.45, 7) is 1.51. The van der Waals surface area contributed by atoms with Gasteiger partial charge < -0.3 is 10.2 Å². The van der Waals surface area contributed by atoms with Crippen LogP contribution in [0, 0.1) is 5.82 Å². The Hall–Kier alpha value is -2.19. The summed E-state index contributed by atoms with van der Waals surface area (Å²) in [5, 5.41) is 3.33. The number of halogens is 1. The first-order valence-corrected chi connectivity index (χ1v) is 10.5. The number of anilines is 1. The van der Waals surface area contributed by atoms with Crippen LogP contribution in [0.4, 0.5) is 10.1 Å². The Labute approximate surface area is 168 Å². The van der Waals surface area contributed by atoms with Gasteiger partial charge in [-0.2, -0.15) is 4.98 Å². The summed E-state index contributed by atoms with van der Waals surface area (Å²) in [5.74, 6) is -0.520. The van der Waals surface area contributed by atoms with E-state index in [-0.39, 0.29) is 17.3 Å². The van der Waals surface area contributed by atoms with Crippen molar-refractivity contribution in [3.05, 3.63) is 51.8 Å². The highest BCUT2D eigenvalue weighted by Crippen LogP contribution is 2.28. The maximum Gasteiger partial charge on any atom is 0.349 e. The lowest BCUT2D eigenvalue weighted by molar-refractivity contribution is -0.859. The molecule has 2 aromatic rings. The molecule has 1 aliphatic carbocycles. The van der Waals surface area contributed by atoms with Gasteiger partial charge in [0.15, 0.2) is 0 Å². The van der Waals surface area contributed by atoms with Crippen LogP contribution in [0.1, 0.15) is 24.1 Å². The number of thioether (sulfide) groups is 1. The fourth-order valence-corrected chi connectivity index (χ4v) is 4.21. The summed E-state index contributed by atoms with van der Waals surface area (Å²) in [6, 6.07) is 5.79. The lowest BCUT2D eigenvalue weighted by atomic mass is 9.97. The topological polar surface area (TPSA) is 68.4 Å². The smallest absolute Gasteiger partial charge is 0.338 e. The molecule has 0 aliphatic heterocycles. The monoisotopic (exact) mass is 405 g/mol. The Kier molecular flexibility index (Phi) is 6.85. The third-order valence-corrected chi connectivity index (χ3v) is 5.75. The predicted molar refractivity (Wildman–Crippen MR) is 109 cm³/mol. The van der Waals surface area contributed by atoms with Gasteiger partial charge in [-0.15, -0.1) is 0 Å². The van der Waals surface area contributed by atoms with Gasteiger partial charge in [-0.05, 0) is 43.9 Å². The average Bonchev–Trinajstić information content (AvgIpc) is 2.65. The van der Waals surface area contributed by atoms with E-state index in [9.17, 15) is 14.0 Å². The Bertz CT molecular complexity index is 914. The number of rotatable bonds is 7. The molecule has 8 heteroatoms. The quantitative estimate of drug-likeness (QED) is 0.535. The minimum absolute atomic E-state index is 0.126. The molecule has 1 amide bonds. The Morgan fingerprint density at radius 3 is 2.86 bits per heavy atom. The van der Waals surface area contributed by atoms with E-state index < -0.39 is 5.82 Å². The molecule has 1 aromatic carbocycles. The molecule has 1 heterocycles. The lowest BCUT2D eigenvalue weighted by Crippen LogP contribution is -3.06. The first-order valence-electron chi connectivity index (χ1n) is 9.54. The summed E-state index contributed by atoms with van der Waals surface area (Å²) in [7, 11) is 4.12. The highest BCUT2D eigenvalue weighted by molar-refractivity contribution is 8.00. The maximum absolute atomic E-state index is 13.2. The van der Waals surface area contributed by atoms with Crippen LogP contribution in [0.15, 0.2) is 34.1 Å². The number of likely N-dealkylation sites (N-methyl/N-ethyl adjacent to an activating group) is 1. The minimum Gasteiger partial charge on any atom is -0.338 e. The van der Waals surface area contributed by atoms with Crippen molar-refractivity contribution in [2.45, 2.75) is 37.3 Å². The van der Waals surface area contributed by atoms with Crippen molar-refractivity contribution in [3.8, 4) is 0 Å². The molecule has 3 rings (SSSR count). The average molecular weight is 406 g/mol. The highest BCUT2D eigenvalue weighted by atomic mass is 32.2. The summed E-state index contributed by atoms with van der Waals surface area (Å²) < 4.78 is 15.1. The first-order chi connectivity index (χ1) is 13.4. The van der Waals surface area contributed by atoms with E-state index in [2.05, 4.69) is 24.4 Å². The van der Waals surface area contributed by atoms with Crippen LogP contribution < -0.4 is 15.9 Å². The van der Waals surface area contributed by atoms with Crippen molar-refractivity contribution >= 4 is 23.4 Å². The summed E-state index contributed by atoms with van der Waals surface area (Å²) in [4.78, 5) is 30.4. The van der Waals surface area contributed by atoms with Crippen molar-refractivity contribution in [1.82, 2.24) is 9.55 Å². The van der Waals surface area contributed by atoms with Crippen LogP contribution in [0.5, 0.6) is 0 Å². The number of amides is 1. The van der Waals surface area contributed by atoms with E-state index >= 15 is 0 Å². The van der Waals surface area contributed by atoms with E-state index in [0.29, 0.717) is 17.3 Å². The molecule has 2 N–H and O–H groups in total. The first kappa shape index (κ1) is 20.5. The van der Waals surface area contributed by atoms with Crippen LogP contribution in [0.3, 0.4) is 0 Å². The molecule has 1 aromatic heterocycles. The van der Waals surface area contributed by atoms with Gasteiger partial charge in [0.05, 0.1) is 32.9 Å². The molecule has 6 nitrogen and oxygen atoms in total. The molecule has 0 unspecified atom stereocenters. The zero-order valence-electron chi connectivity index (χ0n) is 16.3. The van der Waals surface area contributed by atoms with Gasteiger partial charge in [0.2, 0.25) is 5.91 Å². The Morgan fingerprint density at radius 1 is 1.32 bits per heavy atom. The third kappa shape index (κ3) is 5.20. The number of quaternary nitrogens is 1. The van der Waals surface area contributed by atoms with E-state index in [1.165, 1.54) is 28.8 Å². The van der Waals surface area contributed by atoms with Crippen LogP contribution in [-0.2, 0) is 24.2 Å². The highest BCUT2D eigenvalue weighted by Gasteiger charge is 2.21. The molecule has 0 radical (unpaired) electrons. The van der Waals surface area contributed by atoms with Crippen molar-refractivity contribution in [2.24, 2.45) is 0 Å². The zero-order valence-corrected chi connectivity index (χ0v) is 17.1. The molecule has 0 spiro atoms.